The van der Waals surface area contributed by atoms with Gasteiger partial charge >= 0.3 is 0 Å². The fourth-order valence-electron chi connectivity index (χ4n) is 2.34. The summed E-state index contributed by atoms with van der Waals surface area (Å²) in [5.41, 5.74) is 0. The molecule has 1 unspecified atom stereocenters. The van der Waals surface area contributed by atoms with Crippen LogP contribution < -0.4 is 0 Å². The van der Waals surface area contributed by atoms with E-state index in [1.807, 2.05) is 0 Å². The predicted molar refractivity (Wildman–Crippen MR) is 47.4 cm³/mol. The highest BCUT2D eigenvalue weighted by molar-refractivity contribution is 4.76. The number of hydrogen-bond donors (Lipinski definition) is 1. The minimum Gasteiger partial charge on any atom is -0.396 e. The van der Waals surface area contributed by atoms with E-state index in [0.29, 0.717) is 12.5 Å². The lowest BCUT2D eigenvalue weighted by molar-refractivity contribution is 0.106. The summed E-state index contributed by atoms with van der Waals surface area (Å²) in [6, 6.07) is 0. The van der Waals surface area contributed by atoms with Crippen molar-refractivity contribution in [1.82, 2.24) is 0 Å². The highest BCUT2D eigenvalue weighted by Gasteiger charge is 2.26. The number of hydrogen-bond acceptors (Lipinski definition) is 1. The Hall–Kier alpha value is -0.0400. The van der Waals surface area contributed by atoms with Crippen molar-refractivity contribution in [3.8, 4) is 0 Å². The first-order chi connectivity index (χ1) is 5.25. The summed E-state index contributed by atoms with van der Waals surface area (Å²) in [6.45, 7) is 4.96. The van der Waals surface area contributed by atoms with Gasteiger partial charge in [-0.1, -0.05) is 26.7 Å². The molecule has 0 saturated heterocycles. The average Bonchev–Trinajstić information content (AvgIpc) is 2.04. The van der Waals surface area contributed by atoms with Gasteiger partial charge in [-0.25, -0.2) is 0 Å². The number of aliphatic hydroxyl groups excluding tert-OH is 1. The molecule has 0 heterocycles. The molecular weight excluding hydrogens is 136 g/mol. The third-order valence-corrected chi connectivity index (χ3v) is 3.06. The second kappa shape index (κ2) is 4.10. The Balaban J connectivity index is 2.44. The summed E-state index contributed by atoms with van der Waals surface area (Å²) < 4.78 is 0. The van der Waals surface area contributed by atoms with E-state index in [2.05, 4.69) is 13.8 Å². The molecule has 11 heavy (non-hydrogen) atoms. The quantitative estimate of drug-likeness (QED) is 0.651. The smallest absolute Gasteiger partial charge is 0.0462 e. The molecule has 1 rings (SSSR count). The molecular formula is C10H20O. The van der Waals surface area contributed by atoms with Gasteiger partial charge in [0, 0.05) is 6.61 Å². The molecule has 1 aliphatic carbocycles. The van der Waals surface area contributed by atoms with Crippen molar-refractivity contribution in [2.24, 2.45) is 17.8 Å². The Morgan fingerprint density at radius 2 is 1.91 bits per heavy atom. The zero-order valence-corrected chi connectivity index (χ0v) is 7.71. The molecule has 1 nitrogen and oxygen atoms in total. The Morgan fingerprint density at radius 1 is 1.27 bits per heavy atom. The summed E-state index contributed by atoms with van der Waals surface area (Å²) in [7, 11) is 0. The highest BCUT2D eigenvalue weighted by Crippen LogP contribution is 2.34. The van der Waals surface area contributed by atoms with Crippen molar-refractivity contribution >= 4 is 0 Å². The normalized spacial score (nSPS) is 32.7. The Bertz CT molecular complexity index is 109. The van der Waals surface area contributed by atoms with Gasteiger partial charge in [-0.15, -0.1) is 0 Å². The first kappa shape index (κ1) is 9.05. The maximum Gasteiger partial charge on any atom is 0.0462 e. The molecule has 1 heteroatoms. The topological polar surface area (TPSA) is 20.2 Å². The van der Waals surface area contributed by atoms with Gasteiger partial charge in [0.1, 0.15) is 0 Å². The van der Waals surface area contributed by atoms with E-state index in [1.54, 1.807) is 0 Å². The molecule has 0 radical (unpaired) electrons. The van der Waals surface area contributed by atoms with Crippen LogP contribution in [0.2, 0.25) is 0 Å². The third kappa shape index (κ3) is 2.19. The van der Waals surface area contributed by atoms with Crippen LogP contribution in [0.1, 0.15) is 39.5 Å². The van der Waals surface area contributed by atoms with Crippen molar-refractivity contribution in [2.75, 3.05) is 6.61 Å². The van der Waals surface area contributed by atoms with Crippen LogP contribution in [0.25, 0.3) is 0 Å². The van der Waals surface area contributed by atoms with E-state index in [1.165, 1.54) is 25.7 Å². The standard InChI is InChI=1S/C10H20O/c1-8(2)10-6-4-3-5-9(10)7-11/h8-11H,3-7H2,1-2H3/t9?,10-/m1/s1. The fourth-order valence-corrected chi connectivity index (χ4v) is 2.34. The molecule has 0 amide bonds. The van der Waals surface area contributed by atoms with Crippen LogP contribution in [0, 0.1) is 17.8 Å². The zero-order chi connectivity index (χ0) is 8.27. The van der Waals surface area contributed by atoms with Gasteiger partial charge in [0.15, 0.2) is 0 Å². The average molecular weight is 156 g/mol. The Kier molecular flexibility index (Phi) is 3.38. The van der Waals surface area contributed by atoms with Crippen molar-refractivity contribution in [2.45, 2.75) is 39.5 Å². The van der Waals surface area contributed by atoms with Gasteiger partial charge in [0.25, 0.3) is 0 Å². The molecule has 1 aliphatic rings. The van der Waals surface area contributed by atoms with Gasteiger partial charge in [0.2, 0.25) is 0 Å². The van der Waals surface area contributed by atoms with Crippen LogP contribution in [0.4, 0.5) is 0 Å². The number of aliphatic hydroxyl groups is 1. The number of rotatable bonds is 2. The highest BCUT2D eigenvalue weighted by atomic mass is 16.3. The second-order valence-electron chi connectivity index (χ2n) is 4.13. The Labute approximate surface area is 69.8 Å². The van der Waals surface area contributed by atoms with E-state index in [9.17, 15) is 0 Å². The van der Waals surface area contributed by atoms with E-state index < -0.39 is 0 Å². The second-order valence-corrected chi connectivity index (χ2v) is 4.13. The van der Waals surface area contributed by atoms with Gasteiger partial charge in [0.05, 0.1) is 0 Å². The van der Waals surface area contributed by atoms with Crippen molar-refractivity contribution < 1.29 is 5.11 Å². The van der Waals surface area contributed by atoms with Crippen LogP contribution in [0.5, 0.6) is 0 Å². The van der Waals surface area contributed by atoms with Gasteiger partial charge < -0.3 is 5.11 Å². The molecule has 0 aliphatic heterocycles. The summed E-state index contributed by atoms with van der Waals surface area (Å²) in [4.78, 5) is 0. The maximum absolute atomic E-state index is 9.11. The first-order valence-corrected chi connectivity index (χ1v) is 4.86. The lowest BCUT2D eigenvalue weighted by Gasteiger charge is -2.32. The lowest BCUT2D eigenvalue weighted by atomic mass is 9.74. The van der Waals surface area contributed by atoms with Crippen LogP contribution in [0.15, 0.2) is 0 Å². The SMILES string of the molecule is CC(C)[C@H]1CCCCC1CO. The molecule has 0 aromatic heterocycles. The Morgan fingerprint density at radius 3 is 2.36 bits per heavy atom. The van der Waals surface area contributed by atoms with Gasteiger partial charge in [-0.2, -0.15) is 0 Å². The fraction of sp³-hybridized carbons (Fsp3) is 1.00. The molecule has 0 bridgehead atoms. The molecule has 1 saturated carbocycles. The predicted octanol–water partition coefficient (Wildman–Crippen LogP) is 2.44. The van der Waals surface area contributed by atoms with Crippen molar-refractivity contribution in [1.29, 1.82) is 0 Å². The summed E-state index contributed by atoms with van der Waals surface area (Å²) >= 11 is 0. The van der Waals surface area contributed by atoms with Crippen molar-refractivity contribution in [3.63, 3.8) is 0 Å². The van der Waals surface area contributed by atoms with E-state index >= 15 is 0 Å². The minimum absolute atomic E-state index is 0.406. The molecule has 0 spiro atoms. The van der Waals surface area contributed by atoms with Crippen LogP contribution in [0.3, 0.4) is 0 Å². The van der Waals surface area contributed by atoms with E-state index in [4.69, 9.17) is 5.11 Å². The van der Waals surface area contributed by atoms with Crippen LogP contribution in [-0.2, 0) is 0 Å². The van der Waals surface area contributed by atoms with Gasteiger partial charge in [-0.3, -0.25) is 0 Å². The third-order valence-electron chi connectivity index (χ3n) is 3.06. The van der Waals surface area contributed by atoms with E-state index in [0.717, 1.165) is 11.8 Å². The van der Waals surface area contributed by atoms with E-state index in [-0.39, 0.29) is 0 Å². The molecule has 0 aromatic rings. The van der Waals surface area contributed by atoms with Gasteiger partial charge in [-0.05, 0) is 30.6 Å². The molecule has 0 aromatic carbocycles. The summed E-state index contributed by atoms with van der Waals surface area (Å²) in [5, 5.41) is 9.11. The molecule has 1 fully saturated rings. The van der Waals surface area contributed by atoms with Crippen molar-refractivity contribution in [3.05, 3.63) is 0 Å². The largest absolute Gasteiger partial charge is 0.396 e. The zero-order valence-electron chi connectivity index (χ0n) is 7.71. The monoisotopic (exact) mass is 156 g/mol. The molecule has 66 valence electrons. The lowest BCUT2D eigenvalue weighted by Crippen LogP contribution is -2.26. The minimum atomic E-state index is 0.406. The maximum atomic E-state index is 9.11. The molecule has 2 atom stereocenters. The summed E-state index contributed by atoms with van der Waals surface area (Å²) in [5.74, 6) is 2.14. The first-order valence-electron chi connectivity index (χ1n) is 4.86. The van der Waals surface area contributed by atoms with Crippen LogP contribution in [-0.4, -0.2) is 11.7 Å². The molecule has 1 N–H and O–H groups in total. The van der Waals surface area contributed by atoms with Crippen LogP contribution >= 0.6 is 0 Å². The summed E-state index contributed by atoms with van der Waals surface area (Å²) in [6.07, 6.45) is 5.29.